The Balaban J connectivity index is 2.18. The normalized spacial score (nSPS) is 12.1. The lowest BCUT2D eigenvalue weighted by Crippen LogP contribution is -2.26. The summed E-state index contributed by atoms with van der Waals surface area (Å²) in [4.78, 5) is 23.4. The summed E-state index contributed by atoms with van der Waals surface area (Å²) < 4.78 is 2.72. The summed E-state index contributed by atoms with van der Waals surface area (Å²) in [6, 6.07) is 0.996. The molecule has 9 nitrogen and oxygen atoms in total. The molecule has 2 amide bonds. The van der Waals surface area contributed by atoms with E-state index in [1.165, 1.54) is 15.6 Å². The number of nitrogen functional groups attached to an aromatic ring is 1. The zero-order valence-corrected chi connectivity index (χ0v) is 11.1. The predicted molar refractivity (Wildman–Crippen MR) is 71.7 cm³/mol. The molecule has 0 fully saturated rings. The van der Waals surface area contributed by atoms with E-state index in [-0.39, 0.29) is 17.3 Å². The topological polar surface area (TPSA) is 134 Å². The molecule has 1 atom stereocenters. The fraction of sp³-hybridized carbons (Fsp3) is 0.273. The molecule has 0 aliphatic rings. The molecular weight excluding hydrogens is 262 g/mol. The van der Waals surface area contributed by atoms with Gasteiger partial charge in [0.05, 0.1) is 11.9 Å². The number of carbonyl (C=O) groups excluding carboxylic acids is 2. The minimum atomic E-state index is -0.670. The third-order valence-corrected chi connectivity index (χ3v) is 2.84. The molecule has 0 spiro atoms. The van der Waals surface area contributed by atoms with Crippen LogP contribution in [0, 0.1) is 0 Å². The first kappa shape index (κ1) is 13.6. The van der Waals surface area contributed by atoms with Crippen LogP contribution in [0.4, 0.5) is 11.5 Å². The summed E-state index contributed by atoms with van der Waals surface area (Å²) in [6.07, 6.45) is 2.96. The van der Waals surface area contributed by atoms with Crippen LogP contribution in [0.1, 0.15) is 23.5 Å². The first-order valence-corrected chi connectivity index (χ1v) is 5.83. The van der Waals surface area contributed by atoms with Gasteiger partial charge in [0.1, 0.15) is 17.6 Å². The maximum Gasteiger partial charge on any atom is 0.269 e. The summed E-state index contributed by atoms with van der Waals surface area (Å²) in [5.74, 6) is -0.705. The maximum absolute atomic E-state index is 12.1. The number of hydrogen-bond acceptors (Lipinski definition) is 5. The molecule has 9 heteroatoms. The van der Waals surface area contributed by atoms with Gasteiger partial charge in [-0.15, -0.1) is 0 Å². The Kier molecular flexibility index (Phi) is 3.42. The number of aryl methyl sites for hydroxylation is 1. The van der Waals surface area contributed by atoms with E-state index in [0.29, 0.717) is 5.82 Å². The van der Waals surface area contributed by atoms with Crippen molar-refractivity contribution >= 4 is 23.3 Å². The molecule has 0 aliphatic carbocycles. The number of anilines is 2. The lowest BCUT2D eigenvalue weighted by atomic mass is 10.3. The monoisotopic (exact) mass is 277 g/mol. The molecule has 5 N–H and O–H groups in total. The number of nitrogens with one attached hydrogen (secondary N) is 1. The van der Waals surface area contributed by atoms with Crippen molar-refractivity contribution in [1.29, 1.82) is 0 Å². The number of nitrogens with two attached hydrogens (primary N) is 2. The Morgan fingerprint density at radius 2 is 2.15 bits per heavy atom. The summed E-state index contributed by atoms with van der Waals surface area (Å²) in [5, 5.41) is 10.4. The van der Waals surface area contributed by atoms with E-state index in [1.807, 2.05) is 0 Å². The van der Waals surface area contributed by atoms with Gasteiger partial charge in [-0.1, -0.05) is 0 Å². The van der Waals surface area contributed by atoms with Crippen LogP contribution in [0.2, 0.25) is 0 Å². The Morgan fingerprint density at radius 1 is 1.45 bits per heavy atom. The van der Waals surface area contributed by atoms with E-state index < -0.39 is 11.9 Å². The zero-order chi connectivity index (χ0) is 14.9. The van der Waals surface area contributed by atoms with Gasteiger partial charge in [0, 0.05) is 13.2 Å². The molecule has 106 valence electrons. The second kappa shape index (κ2) is 5.03. The lowest BCUT2D eigenvalue weighted by molar-refractivity contribution is -0.119. The van der Waals surface area contributed by atoms with Crippen LogP contribution in [0.5, 0.6) is 0 Å². The molecule has 2 aromatic rings. The maximum atomic E-state index is 12.1. The molecule has 1 unspecified atom stereocenters. The van der Waals surface area contributed by atoms with Crippen LogP contribution in [-0.2, 0) is 11.8 Å². The molecule has 2 rings (SSSR count). The first-order valence-electron chi connectivity index (χ1n) is 5.83. The molecule has 0 bridgehead atoms. The summed E-state index contributed by atoms with van der Waals surface area (Å²) in [5.41, 5.74) is 11.1. The molecule has 0 saturated carbocycles. The van der Waals surface area contributed by atoms with E-state index in [2.05, 4.69) is 15.5 Å². The number of aromatic nitrogens is 4. The SMILES string of the molecule is CC(C(=O)Nc1cnn(C)c1C(N)=O)n1ccc(N)n1. The molecule has 2 heterocycles. The van der Waals surface area contributed by atoms with Crippen LogP contribution in [0.15, 0.2) is 18.5 Å². The fourth-order valence-corrected chi connectivity index (χ4v) is 1.75. The van der Waals surface area contributed by atoms with Crippen molar-refractivity contribution in [3.8, 4) is 0 Å². The van der Waals surface area contributed by atoms with Crippen molar-refractivity contribution < 1.29 is 9.59 Å². The van der Waals surface area contributed by atoms with Crippen LogP contribution in [0.3, 0.4) is 0 Å². The third kappa shape index (κ3) is 2.46. The van der Waals surface area contributed by atoms with E-state index in [1.54, 1.807) is 26.2 Å². The largest absolute Gasteiger partial charge is 0.382 e. The summed E-state index contributed by atoms with van der Waals surface area (Å²) >= 11 is 0. The average Bonchev–Trinajstić information content (AvgIpc) is 2.95. The molecule has 0 saturated heterocycles. The number of primary amides is 1. The zero-order valence-electron chi connectivity index (χ0n) is 11.1. The quantitative estimate of drug-likeness (QED) is 0.692. The number of nitrogens with zero attached hydrogens (tertiary/aromatic N) is 4. The van der Waals surface area contributed by atoms with Gasteiger partial charge in [0.2, 0.25) is 5.91 Å². The number of amides is 2. The molecule has 0 aromatic carbocycles. The average molecular weight is 277 g/mol. The van der Waals surface area contributed by atoms with Gasteiger partial charge >= 0.3 is 0 Å². The molecular formula is C11H15N7O2. The van der Waals surface area contributed by atoms with Crippen molar-refractivity contribution in [3.63, 3.8) is 0 Å². The van der Waals surface area contributed by atoms with Crippen LogP contribution in [0.25, 0.3) is 0 Å². The Hall–Kier alpha value is -2.84. The first-order chi connectivity index (χ1) is 9.40. The highest BCUT2D eigenvalue weighted by Gasteiger charge is 2.20. The highest BCUT2D eigenvalue weighted by molar-refractivity contribution is 6.02. The Labute approximate surface area is 114 Å². The van der Waals surface area contributed by atoms with Gasteiger partial charge < -0.3 is 16.8 Å². The molecule has 20 heavy (non-hydrogen) atoms. The fourth-order valence-electron chi connectivity index (χ4n) is 1.75. The van der Waals surface area contributed by atoms with Gasteiger partial charge in [-0.3, -0.25) is 19.0 Å². The minimum absolute atomic E-state index is 0.130. The van der Waals surface area contributed by atoms with Gasteiger partial charge in [-0.05, 0) is 13.0 Å². The predicted octanol–water partition coefficient (Wildman–Crippen LogP) is -0.503. The Bertz CT molecular complexity index is 658. The van der Waals surface area contributed by atoms with Crippen LogP contribution < -0.4 is 16.8 Å². The van der Waals surface area contributed by atoms with Crippen molar-refractivity contribution in [3.05, 3.63) is 24.2 Å². The molecule has 0 aliphatic heterocycles. The van der Waals surface area contributed by atoms with E-state index in [9.17, 15) is 9.59 Å². The van der Waals surface area contributed by atoms with Crippen molar-refractivity contribution in [2.24, 2.45) is 12.8 Å². The minimum Gasteiger partial charge on any atom is -0.382 e. The van der Waals surface area contributed by atoms with E-state index in [4.69, 9.17) is 11.5 Å². The highest BCUT2D eigenvalue weighted by atomic mass is 16.2. The van der Waals surface area contributed by atoms with Crippen LogP contribution >= 0.6 is 0 Å². The van der Waals surface area contributed by atoms with Crippen molar-refractivity contribution in [1.82, 2.24) is 19.6 Å². The molecule has 2 aromatic heterocycles. The summed E-state index contributed by atoms with van der Waals surface area (Å²) in [6.45, 7) is 1.65. The number of hydrogen-bond donors (Lipinski definition) is 3. The van der Waals surface area contributed by atoms with Gasteiger partial charge in [0.25, 0.3) is 5.91 Å². The second-order valence-electron chi connectivity index (χ2n) is 4.28. The second-order valence-corrected chi connectivity index (χ2v) is 4.28. The van der Waals surface area contributed by atoms with Crippen LogP contribution in [-0.4, -0.2) is 31.4 Å². The smallest absolute Gasteiger partial charge is 0.269 e. The highest BCUT2D eigenvalue weighted by Crippen LogP contribution is 2.16. The van der Waals surface area contributed by atoms with Gasteiger partial charge in [0.15, 0.2) is 0 Å². The summed E-state index contributed by atoms with van der Waals surface area (Å²) in [7, 11) is 1.56. The van der Waals surface area contributed by atoms with E-state index >= 15 is 0 Å². The van der Waals surface area contributed by atoms with Crippen molar-refractivity contribution in [2.45, 2.75) is 13.0 Å². The lowest BCUT2D eigenvalue weighted by Gasteiger charge is -2.12. The Morgan fingerprint density at radius 3 is 2.70 bits per heavy atom. The number of rotatable bonds is 4. The third-order valence-electron chi connectivity index (χ3n) is 2.84. The number of carbonyl (C=O) groups is 2. The van der Waals surface area contributed by atoms with E-state index in [0.717, 1.165) is 0 Å². The van der Waals surface area contributed by atoms with Gasteiger partial charge in [-0.2, -0.15) is 10.2 Å². The van der Waals surface area contributed by atoms with Gasteiger partial charge in [-0.25, -0.2) is 0 Å². The molecule has 0 radical (unpaired) electrons. The standard InChI is InChI=1S/C11H15N7O2/c1-6(18-4-3-8(12)16-18)11(20)15-7-5-14-17(2)9(7)10(13)19/h3-6H,1-2H3,(H2,12,16)(H2,13,19)(H,15,20). The van der Waals surface area contributed by atoms with Crippen molar-refractivity contribution in [2.75, 3.05) is 11.1 Å².